The molecule has 3 atom stereocenters. The van der Waals surface area contributed by atoms with Gasteiger partial charge in [0.15, 0.2) is 0 Å². The SMILES string of the molecule is CCC(CC)C1CC(NC(=O)c2ccccc2SC(C)C(=O)O)CCO1. The Bertz CT molecular complexity index is 618. The molecule has 3 unspecified atom stereocenters. The summed E-state index contributed by atoms with van der Waals surface area (Å²) in [5, 5.41) is 11.7. The van der Waals surface area contributed by atoms with Crippen LogP contribution in [0, 0.1) is 5.92 Å². The molecule has 26 heavy (non-hydrogen) atoms. The van der Waals surface area contributed by atoms with E-state index in [4.69, 9.17) is 9.84 Å². The van der Waals surface area contributed by atoms with Crippen molar-refractivity contribution in [2.24, 2.45) is 5.92 Å². The van der Waals surface area contributed by atoms with Crippen molar-refractivity contribution < 1.29 is 19.4 Å². The lowest BCUT2D eigenvalue weighted by Gasteiger charge is -2.34. The number of hydrogen-bond acceptors (Lipinski definition) is 4. The van der Waals surface area contributed by atoms with Gasteiger partial charge in [0.2, 0.25) is 0 Å². The first kappa shape index (κ1) is 20.8. The van der Waals surface area contributed by atoms with Gasteiger partial charge < -0.3 is 15.2 Å². The van der Waals surface area contributed by atoms with E-state index in [9.17, 15) is 9.59 Å². The first-order valence-corrected chi connectivity index (χ1v) is 10.2. The van der Waals surface area contributed by atoms with Crippen LogP contribution in [0.25, 0.3) is 0 Å². The second-order valence-electron chi connectivity index (χ2n) is 6.78. The van der Waals surface area contributed by atoms with Crippen LogP contribution in [0.1, 0.15) is 56.8 Å². The zero-order chi connectivity index (χ0) is 19.1. The summed E-state index contributed by atoms with van der Waals surface area (Å²) in [5.41, 5.74) is 0.538. The zero-order valence-corrected chi connectivity index (χ0v) is 16.6. The highest BCUT2D eigenvalue weighted by molar-refractivity contribution is 8.00. The monoisotopic (exact) mass is 379 g/mol. The van der Waals surface area contributed by atoms with Crippen LogP contribution in [0.5, 0.6) is 0 Å². The summed E-state index contributed by atoms with van der Waals surface area (Å²) in [7, 11) is 0. The number of amides is 1. The first-order chi connectivity index (χ1) is 12.5. The number of nitrogens with one attached hydrogen (secondary N) is 1. The molecule has 1 aliphatic heterocycles. The van der Waals surface area contributed by atoms with Crippen molar-refractivity contribution >= 4 is 23.6 Å². The Morgan fingerprint density at radius 1 is 1.31 bits per heavy atom. The van der Waals surface area contributed by atoms with Crippen molar-refractivity contribution in [3.8, 4) is 0 Å². The highest BCUT2D eigenvalue weighted by atomic mass is 32.2. The molecule has 1 amide bonds. The molecule has 6 heteroatoms. The molecule has 1 aromatic rings. The van der Waals surface area contributed by atoms with Crippen LogP contribution < -0.4 is 5.32 Å². The average molecular weight is 380 g/mol. The predicted molar refractivity (Wildman–Crippen MR) is 104 cm³/mol. The zero-order valence-electron chi connectivity index (χ0n) is 15.7. The first-order valence-electron chi connectivity index (χ1n) is 9.37. The van der Waals surface area contributed by atoms with Gasteiger partial charge in [0.1, 0.15) is 5.25 Å². The summed E-state index contributed by atoms with van der Waals surface area (Å²) in [6.45, 7) is 6.65. The molecule has 0 aromatic heterocycles. The van der Waals surface area contributed by atoms with Gasteiger partial charge in [-0.2, -0.15) is 0 Å². The van der Waals surface area contributed by atoms with E-state index in [1.54, 1.807) is 25.1 Å². The van der Waals surface area contributed by atoms with E-state index in [-0.39, 0.29) is 18.1 Å². The van der Waals surface area contributed by atoms with Crippen LogP contribution in [-0.4, -0.2) is 41.0 Å². The van der Waals surface area contributed by atoms with Crippen molar-refractivity contribution in [3.05, 3.63) is 29.8 Å². The lowest BCUT2D eigenvalue weighted by molar-refractivity contribution is -0.136. The maximum atomic E-state index is 12.8. The summed E-state index contributed by atoms with van der Waals surface area (Å²) < 4.78 is 5.92. The van der Waals surface area contributed by atoms with Crippen molar-refractivity contribution in [1.29, 1.82) is 0 Å². The van der Waals surface area contributed by atoms with Gasteiger partial charge in [-0.25, -0.2) is 0 Å². The molecule has 0 radical (unpaired) electrons. The molecular weight excluding hydrogens is 350 g/mol. The fraction of sp³-hybridized carbons (Fsp3) is 0.600. The normalized spacial score (nSPS) is 21.4. The predicted octanol–water partition coefficient (Wildman–Crippen LogP) is 3.97. The van der Waals surface area contributed by atoms with Crippen LogP contribution in [0.4, 0.5) is 0 Å². The van der Waals surface area contributed by atoms with E-state index >= 15 is 0 Å². The molecule has 1 fully saturated rings. The molecule has 5 nitrogen and oxygen atoms in total. The number of rotatable bonds is 8. The Hall–Kier alpha value is -1.53. The molecule has 1 aromatic carbocycles. The maximum absolute atomic E-state index is 12.8. The third-order valence-corrected chi connectivity index (χ3v) is 6.17. The molecule has 1 aliphatic rings. The standard InChI is InChI=1S/C20H29NO4S/c1-4-14(5-2)17-12-15(10-11-25-17)21-19(22)16-8-6-7-9-18(16)26-13(3)20(23)24/h6-9,13-15,17H,4-5,10-12H2,1-3H3,(H,21,22)(H,23,24). The second-order valence-corrected chi connectivity index (χ2v) is 8.16. The number of carbonyl (C=O) groups excluding carboxylic acids is 1. The highest BCUT2D eigenvalue weighted by Crippen LogP contribution is 2.28. The van der Waals surface area contributed by atoms with E-state index in [0.29, 0.717) is 23.0 Å². The Morgan fingerprint density at radius 3 is 2.65 bits per heavy atom. The summed E-state index contributed by atoms with van der Waals surface area (Å²) >= 11 is 1.20. The van der Waals surface area contributed by atoms with Crippen LogP contribution >= 0.6 is 11.8 Å². The van der Waals surface area contributed by atoms with Crippen LogP contribution in [-0.2, 0) is 9.53 Å². The fourth-order valence-corrected chi connectivity index (χ4v) is 4.29. The van der Waals surface area contributed by atoms with Gasteiger partial charge in [0.25, 0.3) is 5.91 Å². The van der Waals surface area contributed by atoms with Gasteiger partial charge >= 0.3 is 5.97 Å². The molecule has 1 saturated heterocycles. The number of thioether (sulfide) groups is 1. The summed E-state index contributed by atoms with van der Waals surface area (Å²) in [5.74, 6) is -0.502. The van der Waals surface area contributed by atoms with Crippen molar-refractivity contribution in [3.63, 3.8) is 0 Å². The molecule has 2 rings (SSSR count). The fourth-order valence-electron chi connectivity index (χ4n) is 3.36. The number of carboxylic acids is 1. The second kappa shape index (κ2) is 9.97. The molecule has 0 saturated carbocycles. The van der Waals surface area contributed by atoms with Gasteiger partial charge in [-0.15, -0.1) is 11.8 Å². The molecule has 144 valence electrons. The quantitative estimate of drug-likeness (QED) is 0.669. The smallest absolute Gasteiger partial charge is 0.316 e. The Balaban J connectivity index is 2.04. The maximum Gasteiger partial charge on any atom is 0.316 e. The van der Waals surface area contributed by atoms with Gasteiger partial charge in [-0.1, -0.05) is 38.8 Å². The van der Waals surface area contributed by atoms with E-state index in [1.165, 1.54) is 11.8 Å². The van der Waals surface area contributed by atoms with Crippen molar-refractivity contribution in [2.75, 3.05) is 6.61 Å². The van der Waals surface area contributed by atoms with Crippen LogP contribution in [0.2, 0.25) is 0 Å². The number of benzene rings is 1. The number of carbonyl (C=O) groups is 2. The van der Waals surface area contributed by atoms with Gasteiger partial charge in [-0.05, 0) is 37.8 Å². The summed E-state index contributed by atoms with van der Waals surface area (Å²) in [6.07, 6.45) is 3.99. The number of aliphatic carboxylic acids is 1. The summed E-state index contributed by atoms with van der Waals surface area (Å²) in [4.78, 5) is 24.6. The summed E-state index contributed by atoms with van der Waals surface area (Å²) in [6, 6.07) is 7.28. The number of hydrogen-bond donors (Lipinski definition) is 2. The van der Waals surface area contributed by atoms with Crippen molar-refractivity contribution in [2.45, 2.75) is 68.7 Å². The molecule has 2 N–H and O–H groups in total. The average Bonchev–Trinajstić information content (AvgIpc) is 2.63. The van der Waals surface area contributed by atoms with E-state index in [1.807, 2.05) is 6.07 Å². The van der Waals surface area contributed by atoms with Gasteiger partial charge in [0.05, 0.1) is 11.7 Å². The Morgan fingerprint density at radius 2 is 2.00 bits per heavy atom. The minimum atomic E-state index is -0.886. The van der Waals surface area contributed by atoms with Crippen LogP contribution in [0.15, 0.2) is 29.2 Å². The molecular formula is C20H29NO4S. The van der Waals surface area contributed by atoms with E-state index < -0.39 is 11.2 Å². The third kappa shape index (κ3) is 5.48. The topological polar surface area (TPSA) is 75.6 Å². The third-order valence-electron chi connectivity index (χ3n) is 5.01. The molecule has 0 aliphatic carbocycles. The lowest BCUT2D eigenvalue weighted by atomic mass is 9.89. The molecule has 0 spiro atoms. The Kier molecular flexibility index (Phi) is 7.97. The minimum absolute atomic E-state index is 0.0943. The van der Waals surface area contributed by atoms with Crippen molar-refractivity contribution in [1.82, 2.24) is 5.32 Å². The minimum Gasteiger partial charge on any atom is -0.480 e. The van der Waals surface area contributed by atoms with Gasteiger partial charge in [0, 0.05) is 17.5 Å². The molecule has 1 heterocycles. The largest absolute Gasteiger partial charge is 0.480 e. The highest BCUT2D eigenvalue weighted by Gasteiger charge is 2.29. The van der Waals surface area contributed by atoms with Crippen LogP contribution in [0.3, 0.4) is 0 Å². The van der Waals surface area contributed by atoms with E-state index in [2.05, 4.69) is 19.2 Å². The van der Waals surface area contributed by atoms with E-state index in [0.717, 1.165) is 25.7 Å². The van der Waals surface area contributed by atoms with Gasteiger partial charge in [-0.3, -0.25) is 9.59 Å². The Labute approximate surface area is 159 Å². The number of ether oxygens (including phenoxy) is 1. The lowest BCUT2D eigenvalue weighted by Crippen LogP contribution is -2.44. The molecule has 0 bridgehead atoms. The number of carboxylic acid groups (broad SMARTS) is 1.